The lowest BCUT2D eigenvalue weighted by Gasteiger charge is -2.11. The molecule has 0 unspecified atom stereocenters. The first kappa shape index (κ1) is 15.3. The van der Waals surface area contributed by atoms with Crippen LogP contribution in [0.2, 0.25) is 0 Å². The zero-order chi connectivity index (χ0) is 15.6. The van der Waals surface area contributed by atoms with E-state index in [1.807, 2.05) is 32.0 Å². The van der Waals surface area contributed by atoms with Crippen molar-refractivity contribution in [3.05, 3.63) is 38.3 Å². The lowest BCUT2D eigenvalue weighted by Crippen LogP contribution is -2.19. The molecule has 1 aromatic carbocycles. The maximum atomic E-state index is 12.0. The molecular formula is C15H17NO4S. The van der Waals surface area contributed by atoms with Crippen LogP contribution in [0.4, 0.5) is 0 Å². The fraction of sp³-hybridized carbons (Fsp3) is 0.333. The molecule has 0 spiro atoms. The molecule has 0 aliphatic rings. The number of nitrogens with zero attached hydrogens (tertiary/aromatic N) is 1. The van der Waals surface area contributed by atoms with Gasteiger partial charge in [-0.3, -0.25) is 14.2 Å². The monoisotopic (exact) mass is 307 g/mol. The zero-order valence-electron chi connectivity index (χ0n) is 12.2. The van der Waals surface area contributed by atoms with Crippen molar-refractivity contribution in [3.63, 3.8) is 0 Å². The second kappa shape index (κ2) is 6.13. The Morgan fingerprint density at radius 1 is 1.43 bits per heavy atom. The van der Waals surface area contributed by atoms with E-state index in [9.17, 15) is 9.59 Å². The van der Waals surface area contributed by atoms with E-state index in [-0.39, 0.29) is 11.4 Å². The molecule has 0 bridgehead atoms. The molecule has 2 aromatic rings. The number of hydrogen-bond donors (Lipinski definition) is 1. The summed E-state index contributed by atoms with van der Waals surface area (Å²) in [6.07, 6.45) is 0.687. The molecular weight excluding hydrogens is 290 g/mol. The second-order valence-corrected chi connectivity index (χ2v) is 5.70. The fourth-order valence-corrected chi connectivity index (χ4v) is 3.26. The maximum Gasteiger partial charge on any atom is 0.323 e. The van der Waals surface area contributed by atoms with Crippen LogP contribution in [-0.4, -0.2) is 22.8 Å². The van der Waals surface area contributed by atoms with Crippen molar-refractivity contribution in [2.24, 2.45) is 0 Å². The molecule has 6 heteroatoms. The SMILES string of the molecule is CCc1sc(=O)n(CC(=O)O)c1-c1ccc(OC)c(C)c1. The number of thiazole rings is 1. The second-order valence-electron chi connectivity index (χ2n) is 4.66. The molecule has 0 amide bonds. The number of rotatable bonds is 5. The normalized spacial score (nSPS) is 10.6. The first-order chi connectivity index (χ1) is 9.97. The van der Waals surface area contributed by atoms with Crippen molar-refractivity contribution in [1.82, 2.24) is 4.57 Å². The fourth-order valence-electron chi connectivity index (χ4n) is 2.31. The molecule has 5 nitrogen and oxygen atoms in total. The number of ether oxygens (including phenoxy) is 1. The van der Waals surface area contributed by atoms with Crippen LogP contribution in [-0.2, 0) is 17.8 Å². The minimum absolute atomic E-state index is 0.238. The van der Waals surface area contributed by atoms with Gasteiger partial charge >= 0.3 is 10.8 Å². The Labute approximate surface area is 126 Å². The van der Waals surface area contributed by atoms with Gasteiger partial charge < -0.3 is 9.84 Å². The molecule has 0 saturated carbocycles. The highest BCUT2D eigenvalue weighted by Crippen LogP contribution is 2.30. The van der Waals surface area contributed by atoms with Crippen LogP contribution in [0, 0.1) is 6.92 Å². The third-order valence-electron chi connectivity index (χ3n) is 3.25. The average molecular weight is 307 g/mol. The van der Waals surface area contributed by atoms with Crippen molar-refractivity contribution >= 4 is 17.3 Å². The quantitative estimate of drug-likeness (QED) is 0.921. The van der Waals surface area contributed by atoms with E-state index >= 15 is 0 Å². The van der Waals surface area contributed by atoms with Crippen LogP contribution in [0.1, 0.15) is 17.4 Å². The largest absolute Gasteiger partial charge is 0.496 e. The number of carboxylic acid groups (broad SMARTS) is 1. The van der Waals surface area contributed by atoms with Crippen LogP contribution < -0.4 is 9.61 Å². The molecule has 0 aliphatic heterocycles. The Morgan fingerprint density at radius 2 is 2.14 bits per heavy atom. The Morgan fingerprint density at radius 3 is 2.67 bits per heavy atom. The van der Waals surface area contributed by atoms with Gasteiger partial charge in [-0.15, -0.1) is 0 Å². The summed E-state index contributed by atoms with van der Waals surface area (Å²) in [4.78, 5) is 23.7. The van der Waals surface area contributed by atoms with E-state index in [4.69, 9.17) is 9.84 Å². The van der Waals surface area contributed by atoms with E-state index in [2.05, 4.69) is 0 Å². The summed E-state index contributed by atoms with van der Waals surface area (Å²) >= 11 is 1.11. The first-order valence-corrected chi connectivity index (χ1v) is 7.38. The summed E-state index contributed by atoms with van der Waals surface area (Å²) in [6, 6.07) is 5.60. The number of carbonyl (C=O) groups is 1. The minimum Gasteiger partial charge on any atom is -0.496 e. The highest BCUT2D eigenvalue weighted by atomic mass is 32.1. The molecule has 112 valence electrons. The van der Waals surface area contributed by atoms with E-state index in [1.165, 1.54) is 4.57 Å². The molecule has 0 saturated heterocycles. The van der Waals surface area contributed by atoms with E-state index in [0.29, 0.717) is 12.1 Å². The summed E-state index contributed by atoms with van der Waals surface area (Å²) in [5.41, 5.74) is 2.47. The summed E-state index contributed by atoms with van der Waals surface area (Å²) in [5, 5.41) is 9.01. The van der Waals surface area contributed by atoms with Gasteiger partial charge in [-0.2, -0.15) is 0 Å². The number of aliphatic carboxylic acids is 1. The first-order valence-electron chi connectivity index (χ1n) is 6.57. The van der Waals surface area contributed by atoms with Crippen LogP contribution >= 0.6 is 11.3 Å². The van der Waals surface area contributed by atoms with Crippen LogP contribution in [0.5, 0.6) is 5.75 Å². The van der Waals surface area contributed by atoms with Gasteiger partial charge in [-0.25, -0.2) is 0 Å². The number of carboxylic acids is 1. The Hall–Kier alpha value is -2.08. The third-order valence-corrected chi connectivity index (χ3v) is 4.37. The number of aromatic nitrogens is 1. The minimum atomic E-state index is -1.02. The van der Waals surface area contributed by atoms with Gasteiger partial charge in [0.15, 0.2) is 0 Å². The third kappa shape index (κ3) is 3.00. The number of benzene rings is 1. The van der Waals surface area contributed by atoms with Gasteiger partial charge in [0, 0.05) is 4.88 Å². The highest BCUT2D eigenvalue weighted by Gasteiger charge is 2.18. The lowest BCUT2D eigenvalue weighted by atomic mass is 10.1. The van der Waals surface area contributed by atoms with Gasteiger partial charge in [0.25, 0.3) is 0 Å². The van der Waals surface area contributed by atoms with E-state index in [0.717, 1.165) is 33.1 Å². The summed E-state index contributed by atoms with van der Waals surface area (Å²) in [7, 11) is 1.60. The predicted molar refractivity (Wildman–Crippen MR) is 82.3 cm³/mol. The highest BCUT2D eigenvalue weighted by molar-refractivity contribution is 7.09. The van der Waals surface area contributed by atoms with Crippen molar-refractivity contribution in [2.75, 3.05) is 7.11 Å². The van der Waals surface area contributed by atoms with Gasteiger partial charge in [-0.1, -0.05) is 18.3 Å². The van der Waals surface area contributed by atoms with Gasteiger partial charge in [0.05, 0.1) is 12.8 Å². The zero-order valence-corrected chi connectivity index (χ0v) is 13.0. The molecule has 0 fully saturated rings. The van der Waals surface area contributed by atoms with E-state index in [1.54, 1.807) is 7.11 Å². The molecule has 1 heterocycles. The number of hydrogen-bond acceptors (Lipinski definition) is 4. The van der Waals surface area contributed by atoms with Crippen molar-refractivity contribution < 1.29 is 14.6 Å². The number of methoxy groups -OCH3 is 1. The summed E-state index contributed by atoms with van der Waals surface area (Å²) in [6.45, 7) is 3.55. The lowest BCUT2D eigenvalue weighted by molar-refractivity contribution is -0.137. The molecule has 0 aliphatic carbocycles. The molecule has 2 rings (SSSR count). The Kier molecular flexibility index (Phi) is 4.47. The van der Waals surface area contributed by atoms with Crippen LogP contribution in [0.3, 0.4) is 0 Å². The number of aryl methyl sites for hydroxylation is 2. The molecule has 21 heavy (non-hydrogen) atoms. The molecule has 0 atom stereocenters. The van der Waals surface area contributed by atoms with Crippen molar-refractivity contribution in [3.8, 4) is 17.0 Å². The summed E-state index contributed by atoms with van der Waals surface area (Å²) in [5.74, 6) is -0.261. The average Bonchev–Trinajstić information content (AvgIpc) is 2.74. The molecule has 1 aromatic heterocycles. The topological polar surface area (TPSA) is 68.5 Å². The molecule has 0 radical (unpaired) electrons. The standard InChI is InChI=1S/C15H17NO4S/c1-4-12-14(16(8-13(17)18)15(19)21-12)10-5-6-11(20-3)9(2)7-10/h5-7H,4,8H2,1-3H3,(H,17,18). The van der Waals surface area contributed by atoms with Crippen LogP contribution in [0.25, 0.3) is 11.3 Å². The predicted octanol–water partition coefficient (Wildman–Crippen LogP) is 2.54. The van der Waals surface area contributed by atoms with Crippen molar-refractivity contribution in [2.45, 2.75) is 26.8 Å². The Bertz CT molecular complexity index is 730. The smallest absolute Gasteiger partial charge is 0.323 e. The van der Waals surface area contributed by atoms with E-state index < -0.39 is 5.97 Å². The summed E-state index contributed by atoms with van der Waals surface area (Å²) < 4.78 is 6.56. The van der Waals surface area contributed by atoms with Crippen LogP contribution in [0.15, 0.2) is 23.0 Å². The van der Waals surface area contributed by atoms with Gasteiger partial charge in [-0.05, 0) is 42.7 Å². The van der Waals surface area contributed by atoms with Crippen molar-refractivity contribution in [1.29, 1.82) is 0 Å². The Balaban J connectivity index is 2.63. The van der Waals surface area contributed by atoms with Gasteiger partial charge in [0.2, 0.25) is 0 Å². The van der Waals surface area contributed by atoms with Gasteiger partial charge in [0.1, 0.15) is 12.3 Å². The maximum absolute atomic E-state index is 12.0. The molecule has 1 N–H and O–H groups in total.